The molecular formula is C6H4F3NO5S. The molecule has 0 amide bonds. The molecule has 0 atom stereocenters. The van der Waals surface area contributed by atoms with E-state index in [1.54, 1.807) is 0 Å². The summed E-state index contributed by atoms with van der Waals surface area (Å²) in [7, 11) is -5.86. The number of halogens is 3. The highest BCUT2D eigenvalue weighted by Crippen LogP contribution is 2.30. The van der Waals surface area contributed by atoms with Gasteiger partial charge in [-0.05, 0) is 6.08 Å². The minimum atomic E-state index is -5.86. The Balaban J connectivity index is 3.03. The van der Waals surface area contributed by atoms with Crippen LogP contribution in [-0.2, 0) is 14.3 Å². The van der Waals surface area contributed by atoms with E-state index in [1.807, 2.05) is 0 Å². The topological polar surface area (TPSA) is 86.5 Å². The maximum absolute atomic E-state index is 11.9. The SMILES string of the molecule is O=[N+]([O-])C1=C(OS(=O)(=O)C(F)(F)F)C=CC1. The first kappa shape index (κ1) is 12.5. The van der Waals surface area contributed by atoms with Gasteiger partial charge in [0, 0.05) is 0 Å². The molecule has 0 heterocycles. The highest BCUT2D eigenvalue weighted by Gasteiger charge is 2.49. The molecule has 0 N–H and O–H groups in total. The summed E-state index contributed by atoms with van der Waals surface area (Å²) in [5.74, 6) is -0.915. The van der Waals surface area contributed by atoms with Crippen molar-refractivity contribution < 1.29 is 30.7 Å². The molecule has 1 aliphatic rings. The molecule has 0 radical (unpaired) electrons. The summed E-state index contributed by atoms with van der Waals surface area (Å²) in [6, 6.07) is 0. The molecule has 0 fully saturated rings. The van der Waals surface area contributed by atoms with Crippen LogP contribution >= 0.6 is 0 Å². The van der Waals surface area contributed by atoms with E-state index >= 15 is 0 Å². The number of hydrogen-bond acceptors (Lipinski definition) is 5. The average Bonchev–Trinajstić information content (AvgIpc) is 2.49. The molecular weight excluding hydrogens is 255 g/mol. The van der Waals surface area contributed by atoms with Crippen LogP contribution in [0.5, 0.6) is 0 Å². The van der Waals surface area contributed by atoms with E-state index in [4.69, 9.17) is 0 Å². The van der Waals surface area contributed by atoms with Crippen molar-refractivity contribution in [3.8, 4) is 0 Å². The summed E-state index contributed by atoms with van der Waals surface area (Å²) < 4.78 is 60.4. The van der Waals surface area contributed by atoms with Gasteiger partial charge in [-0.25, -0.2) is 0 Å². The van der Waals surface area contributed by atoms with Gasteiger partial charge in [0.25, 0.3) is 5.70 Å². The minimum absolute atomic E-state index is 0.282. The number of nitrogens with zero attached hydrogens (tertiary/aromatic N) is 1. The molecule has 90 valence electrons. The van der Waals surface area contributed by atoms with Gasteiger partial charge in [0.1, 0.15) is 0 Å². The molecule has 0 aromatic rings. The Labute approximate surface area is 87.3 Å². The van der Waals surface area contributed by atoms with Gasteiger partial charge in [-0.1, -0.05) is 6.08 Å². The second-order valence-corrected chi connectivity index (χ2v) is 4.20. The molecule has 16 heavy (non-hydrogen) atoms. The number of nitro groups is 1. The molecule has 0 aromatic heterocycles. The van der Waals surface area contributed by atoms with Gasteiger partial charge in [0.15, 0.2) is 0 Å². The van der Waals surface area contributed by atoms with Crippen molar-refractivity contribution >= 4 is 10.1 Å². The predicted octanol–water partition coefficient (Wildman–Crippen LogP) is 1.30. The van der Waals surface area contributed by atoms with Crippen LogP contribution in [0.4, 0.5) is 13.2 Å². The average molecular weight is 259 g/mol. The van der Waals surface area contributed by atoms with Crippen LogP contribution in [0.2, 0.25) is 0 Å². The van der Waals surface area contributed by atoms with Crippen LogP contribution in [-0.4, -0.2) is 18.8 Å². The molecule has 10 heteroatoms. The zero-order valence-electron chi connectivity index (χ0n) is 7.39. The first-order valence-corrected chi connectivity index (χ1v) is 5.11. The van der Waals surface area contributed by atoms with Gasteiger partial charge in [0.2, 0.25) is 5.76 Å². The van der Waals surface area contributed by atoms with Crippen molar-refractivity contribution in [3.05, 3.63) is 33.7 Å². The van der Waals surface area contributed by atoms with Crippen molar-refractivity contribution in [3.63, 3.8) is 0 Å². The Morgan fingerprint density at radius 2 is 2.00 bits per heavy atom. The molecule has 0 saturated heterocycles. The van der Waals surface area contributed by atoms with Crippen molar-refractivity contribution in [2.24, 2.45) is 0 Å². The first-order valence-electron chi connectivity index (χ1n) is 3.70. The summed E-state index contributed by atoms with van der Waals surface area (Å²) >= 11 is 0. The highest BCUT2D eigenvalue weighted by molar-refractivity contribution is 7.87. The smallest absolute Gasteiger partial charge is 0.369 e. The number of alkyl halides is 3. The summed E-state index contributed by atoms with van der Waals surface area (Å²) in [4.78, 5) is 9.30. The molecule has 1 rings (SSSR count). The Bertz CT molecular complexity index is 475. The molecule has 1 aliphatic carbocycles. The van der Waals surface area contributed by atoms with Gasteiger partial charge in [-0.2, -0.15) is 21.6 Å². The van der Waals surface area contributed by atoms with Gasteiger partial charge in [0.05, 0.1) is 11.3 Å². The van der Waals surface area contributed by atoms with Gasteiger partial charge in [-0.15, -0.1) is 0 Å². The van der Waals surface area contributed by atoms with Gasteiger partial charge >= 0.3 is 15.6 Å². The van der Waals surface area contributed by atoms with Gasteiger partial charge in [-0.3, -0.25) is 10.1 Å². The third kappa shape index (κ3) is 2.32. The summed E-state index contributed by atoms with van der Waals surface area (Å²) in [5, 5.41) is 10.3. The Kier molecular flexibility index (Phi) is 2.95. The molecule has 0 aromatic carbocycles. The van der Waals surface area contributed by atoms with Crippen molar-refractivity contribution in [1.82, 2.24) is 0 Å². The Morgan fingerprint density at radius 3 is 2.44 bits per heavy atom. The van der Waals surface area contributed by atoms with Crippen LogP contribution in [0.1, 0.15) is 6.42 Å². The second kappa shape index (κ2) is 3.77. The van der Waals surface area contributed by atoms with Crippen LogP contribution in [0.3, 0.4) is 0 Å². The molecule has 0 unspecified atom stereocenters. The van der Waals surface area contributed by atoms with E-state index in [1.165, 1.54) is 0 Å². The van der Waals surface area contributed by atoms with Crippen molar-refractivity contribution in [2.75, 3.05) is 0 Å². The second-order valence-electron chi connectivity index (χ2n) is 2.66. The summed E-state index contributed by atoms with van der Waals surface area (Å²) in [6.45, 7) is 0. The normalized spacial score (nSPS) is 16.7. The quantitative estimate of drug-likeness (QED) is 0.330. The summed E-state index contributed by atoms with van der Waals surface area (Å²) in [6.07, 6.45) is 1.65. The van der Waals surface area contributed by atoms with E-state index in [9.17, 15) is 31.7 Å². The zero-order chi connectivity index (χ0) is 12.6. The number of rotatable bonds is 3. The fraction of sp³-hybridized carbons (Fsp3) is 0.333. The van der Waals surface area contributed by atoms with E-state index < -0.39 is 32.0 Å². The lowest BCUT2D eigenvalue weighted by Gasteiger charge is -2.08. The molecule has 0 spiro atoms. The van der Waals surface area contributed by atoms with Crippen molar-refractivity contribution in [1.29, 1.82) is 0 Å². The largest absolute Gasteiger partial charge is 0.534 e. The summed E-state index contributed by atoms with van der Waals surface area (Å²) in [5.41, 5.74) is -6.34. The van der Waals surface area contributed by atoms with Gasteiger partial charge < -0.3 is 4.18 Å². The molecule has 6 nitrogen and oxygen atoms in total. The lowest BCUT2D eigenvalue weighted by atomic mass is 10.4. The van der Waals surface area contributed by atoms with Crippen LogP contribution < -0.4 is 0 Å². The Hall–Kier alpha value is -1.58. The standard InChI is InChI=1S/C6H4F3NO5S/c7-6(8,9)16(13,14)15-5-3-1-2-4(5)10(11)12/h1,3H,2H2. The lowest BCUT2D eigenvalue weighted by Crippen LogP contribution is -2.25. The predicted molar refractivity (Wildman–Crippen MR) is 43.8 cm³/mol. The van der Waals surface area contributed by atoms with E-state index in [-0.39, 0.29) is 6.42 Å². The maximum Gasteiger partial charge on any atom is 0.534 e. The van der Waals surface area contributed by atoms with E-state index in [2.05, 4.69) is 4.18 Å². The fourth-order valence-electron chi connectivity index (χ4n) is 0.880. The molecule has 0 saturated carbocycles. The fourth-order valence-corrected chi connectivity index (χ4v) is 1.36. The Morgan fingerprint density at radius 1 is 1.44 bits per heavy atom. The maximum atomic E-state index is 11.9. The van der Waals surface area contributed by atoms with Crippen molar-refractivity contribution in [2.45, 2.75) is 11.9 Å². The van der Waals surface area contributed by atoms with Crippen LogP contribution in [0.15, 0.2) is 23.6 Å². The van der Waals surface area contributed by atoms with E-state index in [0.29, 0.717) is 0 Å². The number of allylic oxidation sites excluding steroid dienone is 2. The minimum Gasteiger partial charge on any atom is -0.369 e. The van der Waals surface area contributed by atoms with E-state index in [0.717, 1.165) is 12.2 Å². The molecule has 0 bridgehead atoms. The zero-order valence-corrected chi connectivity index (χ0v) is 8.21. The third-order valence-electron chi connectivity index (χ3n) is 1.57. The highest BCUT2D eigenvalue weighted by atomic mass is 32.2. The molecule has 0 aliphatic heterocycles. The van der Waals surface area contributed by atoms with Crippen LogP contribution in [0, 0.1) is 10.1 Å². The number of hydrogen-bond donors (Lipinski definition) is 0. The monoisotopic (exact) mass is 259 g/mol. The van der Waals surface area contributed by atoms with Crippen LogP contribution in [0.25, 0.3) is 0 Å². The first-order chi connectivity index (χ1) is 7.15. The third-order valence-corrected chi connectivity index (χ3v) is 2.53. The lowest BCUT2D eigenvalue weighted by molar-refractivity contribution is -0.428.